The summed E-state index contributed by atoms with van der Waals surface area (Å²) in [6.45, 7) is 0. The van der Waals surface area contributed by atoms with Crippen LogP contribution < -0.4 is 5.32 Å². The topological polar surface area (TPSA) is 66.4 Å². The fraction of sp³-hybridized carbons (Fsp3) is 0.200. The first-order valence-corrected chi connectivity index (χ1v) is 4.23. The van der Waals surface area contributed by atoms with Crippen molar-refractivity contribution in [1.29, 1.82) is 0 Å². The zero-order chi connectivity index (χ0) is 11.3. The Morgan fingerprint density at radius 2 is 2.00 bits per heavy atom. The van der Waals surface area contributed by atoms with Crippen molar-refractivity contribution in [1.82, 2.24) is 5.32 Å². The van der Waals surface area contributed by atoms with Crippen molar-refractivity contribution in [2.45, 2.75) is 12.5 Å². The van der Waals surface area contributed by atoms with E-state index in [1.165, 1.54) is 30.7 Å². The molecule has 0 saturated carbocycles. The molecule has 0 saturated heterocycles. The molecule has 0 aromatic heterocycles. The second-order valence-electron chi connectivity index (χ2n) is 2.97. The van der Waals surface area contributed by atoms with Gasteiger partial charge in [0, 0.05) is 6.42 Å². The van der Waals surface area contributed by atoms with Gasteiger partial charge in [-0.15, -0.1) is 0 Å². The van der Waals surface area contributed by atoms with E-state index in [2.05, 4.69) is 0 Å². The first-order valence-electron chi connectivity index (χ1n) is 4.23. The second kappa shape index (κ2) is 5.74. The number of nitrogens with one attached hydrogen (secondary N) is 1. The summed E-state index contributed by atoms with van der Waals surface area (Å²) in [6, 6.07) is 4.38. The molecule has 16 heavy (non-hydrogen) atoms. The Hall–Kier alpha value is -2.91. The van der Waals surface area contributed by atoms with E-state index in [1.807, 2.05) is 5.32 Å². The number of amides is 1. The third-order valence-electron chi connectivity index (χ3n) is 1.88. The Morgan fingerprint density at radius 3 is 2.44 bits per heavy atom. The van der Waals surface area contributed by atoms with E-state index < -0.39 is 12.0 Å². The van der Waals surface area contributed by atoms with Gasteiger partial charge in [0.15, 0.2) is 0 Å². The fourth-order valence-corrected chi connectivity index (χ4v) is 1.13. The van der Waals surface area contributed by atoms with Gasteiger partial charge in [0.1, 0.15) is 11.9 Å². The number of carboxylic acid groups (broad SMARTS) is 1. The van der Waals surface area contributed by atoms with E-state index in [9.17, 15) is 14.0 Å². The summed E-state index contributed by atoms with van der Waals surface area (Å²) < 4.78 is 12.5. The zero-order valence-electron chi connectivity index (χ0n) is 8.02. The maximum atomic E-state index is 12.5. The Bertz CT molecular complexity index is 356. The molecule has 0 fully saturated rings. The van der Waals surface area contributed by atoms with Crippen LogP contribution >= 0.6 is 0 Å². The summed E-state index contributed by atoms with van der Waals surface area (Å²) in [5.74, 6) is -1.54. The molecule has 2 N–H and O–H groups in total. The monoisotopic (exact) mass is 467 g/mol. The number of aliphatic carboxylic acids is 1. The van der Waals surface area contributed by atoms with E-state index in [0.717, 1.165) is 0 Å². The number of hydrogen-bond donors (Lipinski definition) is 2. The van der Waals surface area contributed by atoms with Crippen molar-refractivity contribution in [3.8, 4) is 0 Å². The molecule has 0 aliphatic rings. The maximum Gasteiger partial charge on any atom is 0.323 e. The third-order valence-corrected chi connectivity index (χ3v) is 1.88. The van der Waals surface area contributed by atoms with E-state index in [0.29, 0.717) is 5.56 Å². The summed E-state index contributed by atoms with van der Waals surface area (Å²) >= 11 is 0. The van der Waals surface area contributed by atoms with E-state index in [4.69, 9.17) is 5.11 Å². The summed E-state index contributed by atoms with van der Waals surface area (Å²) in [7, 11) is 0. The van der Waals surface area contributed by atoms with Crippen LogP contribution in [0.5, 0.6) is 0 Å². The number of carboxylic acids is 1. The van der Waals surface area contributed by atoms with Crippen LogP contribution in [0.4, 0.5) is 4.39 Å². The van der Waals surface area contributed by atoms with Gasteiger partial charge in [0.05, 0.1) is 0 Å². The molecular weight excluding hydrogens is 458 g/mol. The normalized spacial score (nSPS) is 11.1. The minimum absolute atomic E-state index is 0. The Kier molecular flexibility index (Phi) is 4.70. The van der Waals surface area contributed by atoms with Gasteiger partial charge in [-0.1, -0.05) is 12.1 Å². The Labute approximate surface area is 85.7 Å². The number of rotatable bonds is 5. The number of hydrogen-bond acceptors (Lipinski definition) is 2. The quantitative estimate of drug-likeness (QED) is 0.490. The van der Waals surface area contributed by atoms with Crippen molar-refractivity contribution in [3.63, 3.8) is 0 Å². The maximum absolute atomic E-state index is 12.5. The molecule has 1 amide bonds. The molecule has 0 heterocycles. The molecule has 0 aliphatic heterocycles. The molecule has 4 nitrogen and oxygen atoms in total. The summed E-state index contributed by atoms with van der Waals surface area (Å²) in [6.07, 6.45) is 1.43. The van der Waals surface area contributed by atoms with Crippen molar-refractivity contribution in [3.05, 3.63) is 35.6 Å². The van der Waals surface area contributed by atoms with Crippen LogP contribution in [-0.2, 0) is 16.0 Å². The molecule has 1 unspecified atom stereocenters. The van der Waals surface area contributed by atoms with Gasteiger partial charge in [0.2, 0.25) is 0 Å². The van der Waals surface area contributed by atoms with Crippen LogP contribution in [0, 0.1) is 5.82 Å². The van der Waals surface area contributed by atoms with Crippen LogP contribution in [0.1, 0.15) is 5.56 Å². The van der Waals surface area contributed by atoms with Crippen molar-refractivity contribution < 1.29 is 19.1 Å². The first kappa shape index (κ1) is 13.1. The zero-order valence-corrected chi connectivity index (χ0v) is 10.4. The van der Waals surface area contributed by atoms with Gasteiger partial charge in [-0.2, -0.15) is 6.41 Å². The van der Waals surface area contributed by atoms with Gasteiger partial charge in [0.25, 0.3) is 0 Å². The summed E-state index contributed by atoms with van der Waals surface area (Å²) in [4.78, 5) is 20.6. The standard InChI is InChI=1S/C10H9FNO3.Fm/c11-8-3-1-7(2-4-8)5-9(10(14)15)12-6-13;/h1-4,9H,5H2,(H,12,13)(H,14,15);/q-1;. The first-order chi connectivity index (χ1) is 7.13. The third kappa shape index (κ3) is 3.45. The van der Waals surface area contributed by atoms with Crippen molar-refractivity contribution >= 4 is 12.4 Å². The molecule has 6 heteroatoms. The van der Waals surface area contributed by atoms with Gasteiger partial charge in [-0.05, 0) is 17.7 Å². The van der Waals surface area contributed by atoms with Gasteiger partial charge in [-0.3, -0.25) is 4.79 Å². The Balaban J connectivity index is 0.00000225. The molecule has 1 aromatic rings. The van der Waals surface area contributed by atoms with Crippen molar-refractivity contribution in [2.24, 2.45) is 0 Å². The molecule has 0 spiro atoms. The van der Waals surface area contributed by atoms with Gasteiger partial charge in [-0.25, -0.2) is 4.39 Å². The van der Waals surface area contributed by atoms with E-state index in [-0.39, 0.29) is 12.2 Å². The minimum atomic E-state index is -1.15. The molecule has 1 aromatic carbocycles. The number of benzene rings is 1. The number of halogens is 1. The van der Waals surface area contributed by atoms with Gasteiger partial charge < -0.3 is 15.2 Å². The Morgan fingerprint density at radius 1 is 1.44 bits per heavy atom. The smallest absolute Gasteiger partial charge is 0.323 e. The summed E-state index contributed by atoms with van der Waals surface area (Å²) in [5.41, 5.74) is 0.631. The molecular formula is C10H9FFmNO3-. The van der Waals surface area contributed by atoms with E-state index >= 15 is 0 Å². The summed E-state index contributed by atoms with van der Waals surface area (Å²) in [5, 5.41) is 10.8. The number of carbonyl (C=O) groups is 1. The molecule has 0 bridgehead atoms. The predicted molar refractivity (Wildman–Crippen MR) is 50.4 cm³/mol. The van der Waals surface area contributed by atoms with Gasteiger partial charge >= 0.3 is 5.97 Å². The van der Waals surface area contributed by atoms with Crippen LogP contribution in [0.15, 0.2) is 24.3 Å². The fourth-order valence-electron chi connectivity index (χ4n) is 1.13. The average Bonchev–Trinajstić information content (AvgIpc) is 2.20. The van der Waals surface area contributed by atoms with E-state index in [1.54, 1.807) is 0 Å². The molecule has 1 rings (SSSR count). The van der Waals surface area contributed by atoms with Crippen molar-refractivity contribution in [2.75, 3.05) is 0 Å². The van der Waals surface area contributed by atoms with Crippen LogP contribution in [-0.4, -0.2) is 23.5 Å². The van der Waals surface area contributed by atoms with Crippen LogP contribution in [0.25, 0.3) is 0 Å². The van der Waals surface area contributed by atoms with Crippen LogP contribution in [0.2, 0.25) is 0 Å². The largest absolute Gasteiger partial charge is 0.520 e. The number of carbonyl (C=O) groups excluding carboxylic acids is 1. The second-order valence-corrected chi connectivity index (χ2v) is 2.97. The average molecular weight is 467 g/mol. The predicted octanol–water partition coefficient (Wildman–Crippen LogP) is 0.478. The minimum Gasteiger partial charge on any atom is -0.520 e. The molecule has 0 aliphatic carbocycles. The van der Waals surface area contributed by atoms with Crippen LogP contribution in [0.3, 0.4) is 0 Å². The molecule has 92 valence electrons. The molecule has 1 atom stereocenters. The SMILES string of the molecule is O=[C-]NC(Cc1ccc(F)cc1)C(=O)O.[Fm]. The molecule has 0 radical (unpaired) electrons.